The van der Waals surface area contributed by atoms with Gasteiger partial charge >= 0.3 is 0 Å². The molecule has 94 valence electrons. The maximum atomic E-state index is 11.8. The van der Waals surface area contributed by atoms with Gasteiger partial charge in [0, 0.05) is 31.8 Å². The zero-order valence-electron chi connectivity index (χ0n) is 10.1. The summed E-state index contributed by atoms with van der Waals surface area (Å²) >= 11 is 0. The molecule has 0 atom stereocenters. The molecule has 0 bridgehead atoms. The molecule has 2 rings (SSSR count). The highest BCUT2D eigenvalue weighted by Crippen LogP contribution is 2.06. The SMILES string of the molecule is CNc1cc(C(=O)NCCc2ccco2)ccn1. The van der Waals surface area contributed by atoms with Gasteiger partial charge in [0.25, 0.3) is 5.91 Å². The summed E-state index contributed by atoms with van der Waals surface area (Å²) < 4.78 is 5.19. The summed E-state index contributed by atoms with van der Waals surface area (Å²) in [7, 11) is 1.76. The number of carbonyl (C=O) groups excluding carboxylic acids is 1. The minimum atomic E-state index is -0.111. The Hall–Kier alpha value is -2.30. The summed E-state index contributed by atoms with van der Waals surface area (Å²) in [6.07, 6.45) is 3.91. The molecule has 5 nitrogen and oxygen atoms in total. The van der Waals surface area contributed by atoms with E-state index in [2.05, 4.69) is 15.6 Å². The van der Waals surface area contributed by atoms with Gasteiger partial charge in [-0.05, 0) is 24.3 Å². The monoisotopic (exact) mass is 245 g/mol. The van der Waals surface area contributed by atoms with Crippen molar-refractivity contribution in [3.05, 3.63) is 48.0 Å². The fourth-order valence-corrected chi connectivity index (χ4v) is 1.56. The second-order valence-corrected chi connectivity index (χ2v) is 3.77. The van der Waals surface area contributed by atoms with E-state index in [9.17, 15) is 4.79 Å². The molecule has 5 heteroatoms. The van der Waals surface area contributed by atoms with Crippen LogP contribution >= 0.6 is 0 Å². The highest BCUT2D eigenvalue weighted by atomic mass is 16.3. The Morgan fingerprint density at radius 3 is 3.06 bits per heavy atom. The van der Waals surface area contributed by atoms with Crippen LogP contribution in [0.3, 0.4) is 0 Å². The van der Waals surface area contributed by atoms with Crippen molar-refractivity contribution in [2.75, 3.05) is 18.9 Å². The number of anilines is 1. The molecular formula is C13H15N3O2. The Morgan fingerprint density at radius 2 is 2.33 bits per heavy atom. The van der Waals surface area contributed by atoms with Crippen LogP contribution in [0.4, 0.5) is 5.82 Å². The van der Waals surface area contributed by atoms with E-state index < -0.39 is 0 Å². The molecule has 2 aromatic heterocycles. The molecule has 0 spiro atoms. The van der Waals surface area contributed by atoms with Gasteiger partial charge in [-0.2, -0.15) is 0 Å². The van der Waals surface area contributed by atoms with Crippen LogP contribution in [0.2, 0.25) is 0 Å². The molecule has 18 heavy (non-hydrogen) atoms. The van der Waals surface area contributed by atoms with Crippen LogP contribution in [-0.4, -0.2) is 24.5 Å². The van der Waals surface area contributed by atoms with Crippen LogP contribution in [0.5, 0.6) is 0 Å². The number of nitrogens with one attached hydrogen (secondary N) is 2. The number of amides is 1. The van der Waals surface area contributed by atoms with Gasteiger partial charge in [0.2, 0.25) is 0 Å². The van der Waals surface area contributed by atoms with Crippen LogP contribution in [-0.2, 0) is 6.42 Å². The van der Waals surface area contributed by atoms with Crippen molar-refractivity contribution < 1.29 is 9.21 Å². The number of nitrogens with zero attached hydrogens (tertiary/aromatic N) is 1. The average Bonchev–Trinajstić information content (AvgIpc) is 2.92. The largest absolute Gasteiger partial charge is 0.469 e. The van der Waals surface area contributed by atoms with Crippen molar-refractivity contribution in [2.24, 2.45) is 0 Å². The Kier molecular flexibility index (Phi) is 3.96. The minimum absolute atomic E-state index is 0.111. The first-order valence-corrected chi connectivity index (χ1v) is 5.74. The lowest BCUT2D eigenvalue weighted by molar-refractivity contribution is 0.0953. The molecule has 1 amide bonds. The number of hydrogen-bond acceptors (Lipinski definition) is 4. The van der Waals surface area contributed by atoms with Crippen molar-refractivity contribution in [3.8, 4) is 0 Å². The number of carbonyl (C=O) groups is 1. The van der Waals surface area contributed by atoms with E-state index in [-0.39, 0.29) is 5.91 Å². The van der Waals surface area contributed by atoms with Crippen molar-refractivity contribution in [1.29, 1.82) is 0 Å². The van der Waals surface area contributed by atoms with Gasteiger partial charge in [-0.1, -0.05) is 0 Å². The van der Waals surface area contributed by atoms with E-state index in [0.29, 0.717) is 24.3 Å². The lowest BCUT2D eigenvalue weighted by Gasteiger charge is -2.05. The molecule has 0 aliphatic heterocycles. The number of furan rings is 1. The van der Waals surface area contributed by atoms with Crippen LogP contribution in [0, 0.1) is 0 Å². The van der Waals surface area contributed by atoms with E-state index in [1.807, 2.05) is 12.1 Å². The Labute approximate surface area is 105 Å². The highest BCUT2D eigenvalue weighted by Gasteiger charge is 2.06. The predicted molar refractivity (Wildman–Crippen MR) is 68.5 cm³/mol. The molecular weight excluding hydrogens is 230 g/mol. The molecule has 0 aromatic carbocycles. The van der Waals surface area contributed by atoms with Crippen LogP contribution in [0.25, 0.3) is 0 Å². The molecule has 0 unspecified atom stereocenters. The summed E-state index contributed by atoms with van der Waals surface area (Å²) in [6, 6.07) is 7.11. The quantitative estimate of drug-likeness (QED) is 0.841. The molecule has 0 radical (unpaired) electrons. The van der Waals surface area contributed by atoms with Gasteiger partial charge < -0.3 is 15.1 Å². The van der Waals surface area contributed by atoms with Gasteiger partial charge in [0.15, 0.2) is 0 Å². The third-order valence-electron chi connectivity index (χ3n) is 2.52. The molecule has 0 fully saturated rings. The highest BCUT2D eigenvalue weighted by molar-refractivity contribution is 5.94. The van der Waals surface area contributed by atoms with Crippen LogP contribution in [0.15, 0.2) is 41.1 Å². The first kappa shape index (κ1) is 12.2. The van der Waals surface area contributed by atoms with Crippen LogP contribution < -0.4 is 10.6 Å². The van der Waals surface area contributed by atoms with Crippen molar-refractivity contribution >= 4 is 11.7 Å². The Bertz CT molecular complexity index is 509. The van der Waals surface area contributed by atoms with Gasteiger partial charge in [-0.25, -0.2) is 4.98 Å². The molecule has 0 aliphatic carbocycles. The Morgan fingerprint density at radius 1 is 1.44 bits per heavy atom. The summed E-state index contributed by atoms with van der Waals surface area (Å²) in [5.74, 6) is 1.43. The predicted octanol–water partition coefficient (Wildman–Crippen LogP) is 1.69. The van der Waals surface area contributed by atoms with E-state index >= 15 is 0 Å². The standard InChI is InChI=1S/C13H15N3O2/c1-14-12-9-10(4-6-15-12)13(17)16-7-5-11-3-2-8-18-11/h2-4,6,8-9H,5,7H2,1H3,(H,14,15)(H,16,17). The number of hydrogen-bond donors (Lipinski definition) is 2. The third kappa shape index (κ3) is 3.10. The third-order valence-corrected chi connectivity index (χ3v) is 2.52. The first-order valence-electron chi connectivity index (χ1n) is 5.74. The van der Waals surface area contributed by atoms with Crippen molar-refractivity contribution in [3.63, 3.8) is 0 Å². The van der Waals surface area contributed by atoms with Crippen molar-refractivity contribution in [1.82, 2.24) is 10.3 Å². The lowest BCUT2D eigenvalue weighted by atomic mass is 10.2. The normalized spacial score (nSPS) is 10.1. The minimum Gasteiger partial charge on any atom is -0.469 e. The second-order valence-electron chi connectivity index (χ2n) is 3.77. The molecule has 0 saturated carbocycles. The second kappa shape index (κ2) is 5.86. The fraction of sp³-hybridized carbons (Fsp3) is 0.231. The Balaban J connectivity index is 1.87. The van der Waals surface area contributed by atoms with Crippen LogP contribution in [0.1, 0.15) is 16.1 Å². The molecule has 0 saturated heterocycles. The molecule has 2 heterocycles. The summed E-state index contributed by atoms with van der Waals surface area (Å²) in [4.78, 5) is 15.9. The van der Waals surface area contributed by atoms with Gasteiger partial charge in [0.05, 0.1) is 6.26 Å². The lowest BCUT2D eigenvalue weighted by Crippen LogP contribution is -2.25. The molecule has 2 N–H and O–H groups in total. The van der Waals surface area contributed by atoms with Gasteiger partial charge in [0.1, 0.15) is 11.6 Å². The van der Waals surface area contributed by atoms with E-state index in [4.69, 9.17) is 4.42 Å². The number of rotatable bonds is 5. The van der Waals surface area contributed by atoms with Crippen molar-refractivity contribution in [2.45, 2.75) is 6.42 Å². The van der Waals surface area contributed by atoms with E-state index in [0.717, 1.165) is 5.76 Å². The molecule has 0 aliphatic rings. The van der Waals surface area contributed by atoms with E-state index in [1.54, 1.807) is 31.6 Å². The summed E-state index contributed by atoms with van der Waals surface area (Å²) in [5, 5.41) is 5.73. The maximum absolute atomic E-state index is 11.8. The average molecular weight is 245 g/mol. The summed E-state index contributed by atoms with van der Waals surface area (Å²) in [6.45, 7) is 0.545. The van der Waals surface area contributed by atoms with Gasteiger partial charge in [-0.3, -0.25) is 4.79 Å². The summed E-state index contributed by atoms with van der Waals surface area (Å²) in [5.41, 5.74) is 0.591. The first-order chi connectivity index (χ1) is 8.79. The maximum Gasteiger partial charge on any atom is 0.251 e. The smallest absolute Gasteiger partial charge is 0.251 e. The van der Waals surface area contributed by atoms with E-state index in [1.165, 1.54) is 0 Å². The van der Waals surface area contributed by atoms with Gasteiger partial charge in [-0.15, -0.1) is 0 Å². The zero-order chi connectivity index (χ0) is 12.8. The molecule has 2 aromatic rings. The topological polar surface area (TPSA) is 67.2 Å². The number of pyridine rings is 1. The fourth-order valence-electron chi connectivity index (χ4n) is 1.56. The number of aromatic nitrogens is 1. The zero-order valence-corrected chi connectivity index (χ0v) is 10.1.